The number of hydrogen-bond acceptors (Lipinski definition) is 2. The van der Waals surface area contributed by atoms with Crippen molar-refractivity contribution in [2.45, 2.75) is 39.0 Å². The molecule has 1 aromatic carbocycles. The van der Waals surface area contributed by atoms with Gasteiger partial charge in [-0.3, -0.25) is 4.79 Å². The monoisotopic (exact) mass is 285 g/mol. The van der Waals surface area contributed by atoms with Crippen LogP contribution in [0.3, 0.4) is 0 Å². The van der Waals surface area contributed by atoms with Crippen molar-refractivity contribution in [3.8, 4) is 0 Å². The standard InChI is InChI=1S/C17H19NOS/c1-2-12-6-5-7-13(10-12)18-17(19)15-11-20-16-9-4-3-8-14(15)16/h5-7,10-11H,2-4,8-9H2,1H3,(H,18,19). The van der Waals surface area contributed by atoms with Gasteiger partial charge in [0.2, 0.25) is 0 Å². The van der Waals surface area contributed by atoms with E-state index in [0.29, 0.717) is 0 Å². The zero-order valence-corrected chi connectivity index (χ0v) is 12.6. The van der Waals surface area contributed by atoms with Crippen LogP contribution in [-0.4, -0.2) is 5.91 Å². The molecule has 1 aliphatic rings. The van der Waals surface area contributed by atoms with Crippen molar-refractivity contribution in [1.29, 1.82) is 0 Å². The summed E-state index contributed by atoms with van der Waals surface area (Å²) in [5.41, 5.74) is 4.30. The Hall–Kier alpha value is -1.61. The molecule has 0 saturated heterocycles. The lowest BCUT2D eigenvalue weighted by atomic mass is 9.95. The molecule has 2 aromatic rings. The predicted molar refractivity (Wildman–Crippen MR) is 84.7 cm³/mol. The van der Waals surface area contributed by atoms with Gasteiger partial charge in [-0.2, -0.15) is 0 Å². The molecule has 0 bridgehead atoms. The summed E-state index contributed by atoms with van der Waals surface area (Å²) in [5, 5.41) is 5.06. The highest BCUT2D eigenvalue weighted by molar-refractivity contribution is 7.10. The molecule has 0 atom stereocenters. The number of hydrogen-bond donors (Lipinski definition) is 1. The number of fused-ring (bicyclic) bond motifs is 1. The lowest BCUT2D eigenvalue weighted by Crippen LogP contribution is -2.14. The van der Waals surface area contributed by atoms with Gasteiger partial charge in [-0.1, -0.05) is 19.1 Å². The largest absolute Gasteiger partial charge is 0.322 e. The third kappa shape index (κ3) is 2.63. The molecule has 0 fully saturated rings. The van der Waals surface area contributed by atoms with Crippen molar-refractivity contribution in [2.75, 3.05) is 5.32 Å². The fourth-order valence-corrected chi connectivity index (χ4v) is 3.88. The average molecular weight is 285 g/mol. The first-order chi connectivity index (χ1) is 9.78. The topological polar surface area (TPSA) is 29.1 Å². The molecule has 104 valence electrons. The quantitative estimate of drug-likeness (QED) is 0.887. The van der Waals surface area contributed by atoms with Crippen LogP contribution < -0.4 is 5.32 Å². The van der Waals surface area contributed by atoms with E-state index in [0.717, 1.165) is 30.5 Å². The second kappa shape index (κ2) is 5.80. The molecule has 1 aliphatic carbocycles. The predicted octanol–water partition coefficient (Wildman–Crippen LogP) is 4.44. The minimum absolute atomic E-state index is 0.0395. The van der Waals surface area contributed by atoms with Crippen molar-refractivity contribution < 1.29 is 4.79 Å². The molecule has 1 N–H and O–H groups in total. The highest BCUT2D eigenvalue weighted by Crippen LogP contribution is 2.30. The summed E-state index contributed by atoms with van der Waals surface area (Å²) in [6.07, 6.45) is 5.63. The summed E-state index contributed by atoms with van der Waals surface area (Å²) >= 11 is 1.74. The van der Waals surface area contributed by atoms with Gasteiger partial charge in [0.1, 0.15) is 0 Å². The number of amides is 1. The number of rotatable bonds is 3. The molecule has 1 heterocycles. The number of carbonyl (C=O) groups is 1. The molecular formula is C17H19NOS. The Balaban J connectivity index is 1.80. The number of nitrogens with one attached hydrogen (secondary N) is 1. The Morgan fingerprint density at radius 3 is 3.00 bits per heavy atom. The molecule has 0 radical (unpaired) electrons. The van der Waals surface area contributed by atoms with Crippen LogP contribution in [0.4, 0.5) is 5.69 Å². The molecule has 2 nitrogen and oxygen atoms in total. The molecule has 3 heteroatoms. The maximum Gasteiger partial charge on any atom is 0.256 e. The zero-order chi connectivity index (χ0) is 13.9. The first-order valence-corrected chi connectivity index (χ1v) is 8.15. The van der Waals surface area contributed by atoms with Gasteiger partial charge in [0.05, 0.1) is 5.56 Å². The normalized spacial score (nSPS) is 13.8. The van der Waals surface area contributed by atoms with E-state index in [2.05, 4.69) is 24.4 Å². The van der Waals surface area contributed by atoms with Gasteiger partial charge in [0.25, 0.3) is 5.91 Å². The van der Waals surface area contributed by atoms with Gasteiger partial charge in [-0.15, -0.1) is 11.3 Å². The minimum Gasteiger partial charge on any atom is -0.322 e. The highest BCUT2D eigenvalue weighted by Gasteiger charge is 2.20. The number of aryl methyl sites for hydroxylation is 2. The minimum atomic E-state index is 0.0395. The third-order valence-corrected chi connectivity index (χ3v) is 4.99. The Kier molecular flexibility index (Phi) is 3.88. The molecule has 0 saturated carbocycles. The van der Waals surface area contributed by atoms with Crippen LogP contribution in [0.25, 0.3) is 0 Å². The lowest BCUT2D eigenvalue weighted by molar-refractivity contribution is 0.102. The van der Waals surface area contributed by atoms with Gasteiger partial charge >= 0.3 is 0 Å². The number of thiophene rings is 1. The summed E-state index contributed by atoms with van der Waals surface area (Å²) in [6, 6.07) is 8.09. The van der Waals surface area contributed by atoms with Gasteiger partial charge in [-0.05, 0) is 55.4 Å². The Labute approximate surface area is 123 Å². The first kappa shape index (κ1) is 13.4. The van der Waals surface area contributed by atoms with Gasteiger partial charge in [0.15, 0.2) is 0 Å². The number of benzene rings is 1. The molecule has 0 spiro atoms. The molecule has 1 amide bonds. The Morgan fingerprint density at radius 1 is 1.30 bits per heavy atom. The van der Waals surface area contributed by atoms with Gasteiger partial charge in [0, 0.05) is 15.9 Å². The van der Waals surface area contributed by atoms with Crippen LogP contribution in [0.15, 0.2) is 29.6 Å². The SMILES string of the molecule is CCc1cccc(NC(=O)c2csc3c2CCCC3)c1. The van der Waals surface area contributed by atoms with Crippen LogP contribution >= 0.6 is 11.3 Å². The van der Waals surface area contributed by atoms with E-state index in [1.807, 2.05) is 17.5 Å². The maximum atomic E-state index is 12.4. The summed E-state index contributed by atoms with van der Waals surface area (Å²) < 4.78 is 0. The summed E-state index contributed by atoms with van der Waals surface area (Å²) in [6.45, 7) is 2.12. The van der Waals surface area contributed by atoms with Crippen molar-refractivity contribution in [1.82, 2.24) is 0 Å². The van der Waals surface area contributed by atoms with Crippen LogP contribution in [0.2, 0.25) is 0 Å². The molecule has 0 unspecified atom stereocenters. The summed E-state index contributed by atoms with van der Waals surface area (Å²) in [7, 11) is 0. The van der Waals surface area contributed by atoms with Gasteiger partial charge < -0.3 is 5.32 Å². The van der Waals surface area contributed by atoms with Crippen molar-refractivity contribution in [3.05, 3.63) is 51.2 Å². The average Bonchev–Trinajstić information content (AvgIpc) is 2.91. The molecule has 1 aromatic heterocycles. The molecule has 0 aliphatic heterocycles. The van der Waals surface area contributed by atoms with E-state index in [4.69, 9.17) is 0 Å². The fraction of sp³-hybridized carbons (Fsp3) is 0.353. The van der Waals surface area contributed by atoms with E-state index in [1.54, 1.807) is 11.3 Å². The zero-order valence-electron chi connectivity index (χ0n) is 11.7. The first-order valence-electron chi connectivity index (χ1n) is 7.27. The van der Waals surface area contributed by atoms with Crippen LogP contribution in [-0.2, 0) is 19.3 Å². The van der Waals surface area contributed by atoms with E-state index < -0.39 is 0 Å². The molecule has 3 rings (SSSR count). The third-order valence-electron chi connectivity index (χ3n) is 3.90. The van der Waals surface area contributed by atoms with E-state index in [9.17, 15) is 4.79 Å². The van der Waals surface area contributed by atoms with Gasteiger partial charge in [-0.25, -0.2) is 0 Å². The van der Waals surface area contributed by atoms with E-state index in [-0.39, 0.29) is 5.91 Å². The maximum absolute atomic E-state index is 12.4. The van der Waals surface area contributed by atoms with E-state index in [1.165, 1.54) is 28.8 Å². The van der Waals surface area contributed by atoms with Crippen molar-refractivity contribution >= 4 is 22.9 Å². The lowest BCUT2D eigenvalue weighted by Gasteiger charge is -2.13. The Bertz CT molecular complexity index is 630. The van der Waals surface area contributed by atoms with Crippen LogP contribution in [0.5, 0.6) is 0 Å². The van der Waals surface area contributed by atoms with Crippen molar-refractivity contribution in [3.63, 3.8) is 0 Å². The van der Waals surface area contributed by atoms with Crippen molar-refractivity contribution in [2.24, 2.45) is 0 Å². The fourth-order valence-electron chi connectivity index (χ4n) is 2.75. The Morgan fingerprint density at radius 2 is 2.15 bits per heavy atom. The highest BCUT2D eigenvalue weighted by atomic mass is 32.1. The molecular weight excluding hydrogens is 266 g/mol. The number of anilines is 1. The smallest absolute Gasteiger partial charge is 0.256 e. The van der Waals surface area contributed by atoms with Crippen LogP contribution in [0.1, 0.15) is 46.1 Å². The molecule has 20 heavy (non-hydrogen) atoms. The second-order valence-corrected chi connectivity index (χ2v) is 6.23. The van der Waals surface area contributed by atoms with E-state index >= 15 is 0 Å². The van der Waals surface area contributed by atoms with Crippen LogP contribution in [0, 0.1) is 0 Å². The summed E-state index contributed by atoms with van der Waals surface area (Å²) in [4.78, 5) is 13.8. The second-order valence-electron chi connectivity index (χ2n) is 5.27. The summed E-state index contributed by atoms with van der Waals surface area (Å²) in [5.74, 6) is 0.0395. The number of carbonyl (C=O) groups excluding carboxylic acids is 1.